The van der Waals surface area contributed by atoms with Gasteiger partial charge in [0.05, 0.1) is 7.11 Å². The highest BCUT2D eigenvalue weighted by atomic mass is 19.4. The third-order valence-electron chi connectivity index (χ3n) is 2.77. The van der Waals surface area contributed by atoms with Crippen molar-refractivity contribution in [1.29, 1.82) is 0 Å². The molecule has 0 aliphatic rings. The molecule has 116 valence electrons. The number of nitrogens with one attached hydrogen (secondary N) is 1. The molecule has 1 aromatic carbocycles. The van der Waals surface area contributed by atoms with E-state index in [1.807, 2.05) is 0 Å². The Balaban J connectivity index is 3.12. The predicted octanol–water partition coefficient (Wildman–Crippen LogP) is 1.97. The highest BCUT2D eigenvalue weighted by molar-refractivity contribution is 5.98. The Bertz CT molecular complexity index is 573. The average molecular weight is 309 g/mol. The minimum Gasteiger partial charge on any atom is -0.494 e. The van der Waals surface area contributed by atoms with Crippen LogP contribution in [0.1, 0.15) is 17.3 Å². The summed E-state index contributed by atoms with van der Waals surface area (Å²) in [6.07, 6.45) is -5.21. The van der Waals surface area contributed by atoms with Crippen LogP contribution < -0.4 is 10.1 Å². The number of aliphatic carboxylic acids is 1. The number of ether oxygens (including phenoxy) is 1. The third kappa shape index (κ3) is 3.23. The summed E-state index contributed by atoms with van der Waals surface area (Å²) in [5, 5.41) is 10.1. The van der Waals surface area contributed by atoms with Gasteiger partial charge >= 0.3 is 12.1 Å². The molecule has 1 atom stereocenters. The van der Waals surface area contributed by atoms with Crippen LogP contribution in [0, 0.1) is 5.82 Å². The van der Waals surface area contributed by atoms with Crippen LogP contribution in [0.15, 0.2) is 18.2 Å². The van der Waals surface area contributed by atoms with Crippen LogP contribution in [0.25, 0.3) is 0 Å². The van der Waals surface area contributed by atoms with Crippen molar-refractivity contribution < 1.29 is 37.0 Å². The number of carbonyl (C=O) groups is 2. The number of carboxylic acid groups (broad SMARTS) is 1. The minimum atomic E-state index is -5.21. The molecule has 1 amide bonds. The van der Waals surface area contributed by atoms with E-state index in [4.69, 9.17) is 5.11 Å². The second-order valence-electron chi connectivity index (χ2n) is 4.23. The van der Waals surface area contributed by atoms with Gasteiger partial charge < -0.3 is 15.2 Å². The Morgan fingerprint density at radius 1 is 1.29 bits per heavy atom. The molecule has 0 radical (unpaired) electrons. The molecule has 0 saturated heterocycles. The van der Waals surface area contributed by atoms with E-state index in [1.165, 1.54) is 5.32 Å². The van der Waals surface area contributed by atoms with E-state index in [0.717, 1.165) is 25.3 Å². The first kappa shape index (κ1) is 16.7. The van der Waals surface area contributed by atoms with Gasteiger partial charge in [-0.15, -0.1) is 0 Å². The lowest BCUT2D eigenvalue weighted by Gasteiger charge is -2.28. The van der Waals surface area contributed by atoms with Gasteiger partial charge in [-0.2, -0.15) is 13.2 Å². The average Bonchev–Trinajstić information content (AvgIpc) is 2.37. The maximum atomic E-state index is 13.2. The van der Waals surface area contributed by atoms with Crippen LogP contribution in [0.3, 0.4) is 0 Å². The Labute approximate surface area is 116 Å². The molecular weight excluding hydrogens is 298 g/mol. The van der Waals surface area contributed by atoms with Gasteiger partial charge in [-0.05, 0) is 25.1 Å². The van der Waals surface area contributed by atoms with Crippen LogP contribution in [0.4, 0.5) is 17.6 Å². The molecule has 21 heavy (non-hydrogen) atoms. The van der Waals surface area contributed by atoms with Crippen LogP contribution in [-0.4, -0.2) is 35.8 Å². The van der Waals surface area contributed by atoms with E-state index < -0.39 is 29.4 Å². The van der Waals surface area contributed by atoms with Crippen LogP contribution in [-0.2, 0) is 4.79 Å². The van der Waals surface area contributed by atoms with Gasteiger partial charge in [0.15, 0.2) is 11.6 Å². The zero-order chi connectivity index (χ0) is 16.4. The Kier molecular flexibility index (Phi) is 4.45. The van der Waals surface area contributed by atoms with E-state index in [9.17, 15) is 27.2 Å². The molecule has 1 rings (SSSR count). The first-order chi connectivity index (χ1) is 9.52. The Hall–Kier alpha value is -2.32. The second-order valence-corrected chi connectivity index (χ2v) is 4.23. The fourth-order valence-electron chi connectivity index (χ4n) is 1.35. The zero-order valence-electron chi connectivity index (χ0n) is 10.9. The van der Waals surface area contributed by atoms with Gasteiger partial charge in [-0.1, -0.05) is 0 Å². The monoisotopic (exact) mass is 309 g/mol. The lowest BCUT2D eigenvalue weighted by molar-refractivity contribution is -0.203. The highest BCUT2D eigenvalue weighted by Crippen LogP contribution is 2.31. The van der Waals surface area contributed by atoms with E-state index in [0.29, 0.717) is 6.92 Å². The van der Waals surface area contributed by atoms with Crippen LogP contribution >= 0.6 is 0 Å². The summed E-state index contributed by atoms with van der Waals surface area (Å²) in [5.41, 5.74) is -3.84. The molecule has 1 aromatic rings. The molecule has 9 heteroatoms. The molecule has 5 nitrogen and oxygen atoms in total. The number of halogens is 4. The van der Waals surface area contributed by atoms with Gasteiger partial charge in [-0.25, -0.2) is 9.18 Å². The maximum absolute atomic E-state index is 13.2. The number of carboxylic acids is 1. The molecule has 0 aliphatic heterocycles. The molecule has 0 aromatic heterocycles. The zero-order valence-corrected chi connectivity index (χ0v) is 10.9. The van der Waals surface area contributed by atoms with Gasteiger partial charge in [0.1, 0.15) is 0 Å². The number of rotatable bonds is 4. The van der Waals surface area contributed by atoms with Crippen molar-refractivity contribution in [2.24, 2.45) is 0 Å². The number of alkyl halides is 3. The molecule has 0 bridgehead atoms. The maximum Gasteiger partial charge on any atom is 0.422 e. The highest BCUT2D eigenvalue weighted by Gasteiger charge is 2.58. The van der Waals surface area contributed by atoms with Crippen LogP contribution in [0.2, 0.25) is 0 Å². The summed E-state index contributed by atoms with van der Waals surface area (Å²) >= 11 is 0. The number of amides is 1. The number of benzene rings is 1. The van der Waals surface area contributed by atoms with E-state index >= 15 is 0 Å². The summed E-state index contributed by atoms with van der Waals surface area (Å²) in [6, 6.07) is 2.59. The van der Waals surface area contributed by atoms with Crippen molar-refractivity contribution in [2.75, 3.05) is 7.11 Å². The molecule has 0 saturated carbocycles. The van der Waals surface area contributed by atoms with Crippen molar-refractivity contribution in [1.82, 2.24) is 5.32 Å². The van der Waals surface area contributed by atoms with Gasteiger partial charge in [0.2, 0.25) is 5.54 Å². The first-order valence-electron chi connectivity index (χ1n) is 5.49. The number of carbonyl (C=O) groups excluding carboxylic acids is 1. The fraction of sp³-hybridized carbons (Fsp3) is 0.333. The predicted molar refractivity (Wildman–Crippen MR) is 62.5 cm³/mol. The standard InChI is InChI=1S/C12H11F4NO4/c1-11(10(19)20,12(14,15)16)17-9(18)6-3-4-7(13)8(5-6)21-2/h3-5H,1-2H3,(H,17,18)(H,19,20). The smallest absolute Gasteiger partial charge is 0.422 e. The number of hydrogen-bond donors (Lipinski definition) is 2. The van der Waals surface area contributed by atoms with E-state index in [-0.39, 0.29) is 11.3 Å². The fourth-order valence-corrected chi connectivity index (χ4v) is 1.35. The Morgan fingerprint density at radius 3 is 2.29 bits per heavy atom. The summed E-state index contributed by atoms with van der Waals surface area (Å²) < 4.78 is 56.0. The van der Waals surface area contributed by atoms with Crippen molar-refractivity contribution in [3.05, 3.63) is 29.6 Å². The SMILES string of the molecule is COc1cc(C(=O)NC(C)(C(=O)O)C(F)(F)F)ccc1F. The summed E-state index contributed by atoms with van der Waals surface area (Å²) in [6.45, 7) is 0.313. The quantitative estimate of drug-likeness (QED) is 0.834. The minimum absolute atomic E-state index is 0.313. The number of hydrogen-bond acceptors (Lipinski definition) is 3. The van der Waals surface area contributed by atoms with Crippen molar-refractivity contribution in [2.45, 2.75) is 18.6 Å². The van der Waals surface area contributed by atoms with E-state index in [2.05, 4.69) is 4.74 Å². The topological polar surface area (TPSA) is 75.6 Å². The molecule has 0 aliphatic carbocycles. The largest absolute Gasteiger partial charge is 0.494 e. The van der Waals surface area contributed by atoms with Crippen molar-refractivity contribution in [3.8, 4) is 5.75 Å². The summed E-state index contributed by atoms with van der Waals surface area (Å²) in [4.78, 5) is 22.5. The first-order valence-corrected chi connectivity index (χ1v) is 5.49. The molecule has 1 unspecified atom stereocenters. The molecule has 0 fully saturated rings. The van der Waals surface area contributed by atoms with Gasteiger partial charge in [0, 0.05) is 5.56 Å². The number of methoxy groups -OCH3 is 1. The molecular formula is C12H11F4NO4. The van der Waals surface area contributed by atoms with Gasteiger partial charge in [-0.3, -0.25) is 4.79 Å². The third-order valence-corrected chi connectivity index (χ3v) is 2.77. The van der Waals surface area contributed by atoms with Crippen molar-refractivity contribution >= 4 is 11.9 Å². The lowest BCUT2D eigenvalue weighted by Crippen LogP contribution is -2.61. The van der Waals surface area contributed by atoms with E-state index in [1.54, 1.807) is 0 Å². The summed E-state index contributed by atoms with van der Waals surface area (Å²) in [5.74, 6) is -4.76. The Morgan fingerprint density at radius 2 is 1.86 bits per heavy atom. The lowest BCUT2D eigenvalue weighted by atomic mass is 10.0. The molecule has 0 spiro atoms. The molecule has 2 N–H and O–H groups in total. The normalized spacial score (nSPS) is 14.2. The molecule has 0 heterocycles. The second kappa shape index (κ2) is 5.58. The summed E-state index contributed by atoms with van der Waals surface area (Å²) in [7, 11) is 1.11. The van der Waals surface area contributed by atoms with Crippen molar-refractivity contribution in [3.63, 3.8) is 0 Å². The van der Waals surface area contributed by atoms with Gasteiger partial charge in [0.25, 0.3) is 5.91 Å². The van der Waals surface area contributed by atoms with Crippen LogP contribution in [0.5, 0.6) is 5.75 Å².